The van der Waals surface area contributed by atoms with Gasteiger partial charge in [0, 0.05) is 103 Å². The molecule has 4 aromatic heterocycles. The second-order valence-corrected chi connectivity index (χ2v) is 18.8. The van der Waals surface area contributed by atoms with Crippen molar-refractivity contribution in [3.63, 3.8) is 0 Å². The lowest BCUT2D eigenvalue weighted by Crippen LogP contribution is -1.99. The zero-order valence-corrected chi connectivity index (χ0v) is 44.2. The van der Waals surface area contributed by atoms with Crippen molar-refractivity contribution < 1.29 is 48.1 Å². The molecular formula is C58H56Cl2N4O10. The Labute approximate surface area is 436 Å². The minimum Gasteiger partial charge on any atom is -0.496 e. The summed E-state index contributed by atoms with van der Waals surface area (Å²) in [6, 6.07) is 22.9. The number of nitrogens with one attached hydrogen (secondary N) is 4. The van der Waals surface area contributed by atoms with Gasteiger partial charge in [0.1, 0.15) is 46.0 Å². The molecule has 0 bridgehead atoms. The second kappa shape index (κ2) is 20.0. The van der Waals surface area contributed by atoms with Gasteiger partial charge in [0.2, 0.25) is 0 Å². The van der Waals surface area contributed by atoms with Gasteiger partial charge in [0.05, 0.1) is 114 Å². The number of aryl methyl sites for hydroxylation is 2. The van der Waals surface area contributed by atoms with Crippen LogP contribution in [0, 0.1) is 13.8 Å². The molecule has 16 heteroatoms. The number of methoxy groups -OCH3 is 8. The van der Waals surface area contributed by atoms with E-state index in [1.54, 1.807) is 62.9 Å². The first-order chi connectivity index (χ1) is 35.9. The van der Waals surface area contributed by atoms with Gasteiger partial charge in [0.15, 0.2) is 0 Å². The van der Waals surface area contributed by atoms with Crippen molar-refractivity contribution in [2.75, 3.05) is 56.9 Å². The Morgan fingerprint density at radius 2 is 0.743 bits per heavy atom. The number of ether oxygens (including phenoxy) is 8. The summed E-state index contributed by atoms with van der Waals surface area (Å²) in [7, 11) is 13.0. The van der Waals surface area contributed by atoms with Gasteiger partial charge >= 0.3 is 0 Å². The molecule has 0 spiro atoms. The summed E-state index contributed by atoms with van der Waals surface area (Å²) in [6.07, 6.45) is 0.750. The number of fused-ring (bicyclic) bond motifs is 4. The maximum absolute atomic E-state index is 10.7. The van der Waals surface area contributed by atoms with Gasteiger partial charge in [-0.2, -0.15) is 0 Å². The number of halogens is 2. The van der Waals surface area contributed by atoms with Crippen molar-refractivity contribution in [1.29, 1.82) is 0 Å². The molecule has 10 rings (SSSR count). The number of rotatable bonds is 17. The van der Waals surface area contributed by atoms with Crippen molar-refractivity contribution in [2.24, 2.45) is 0 Å². The Morgan fingerprint density at radius 3 is 1.19 bits per heavy atom. The largest absolute Gasteiger partial charge is 0.496 e. The van der Waals surface area contributed by atoms with Crippen LogP contribution in [0.3, 0.4) is 0 Å². The van der Waals surface area contributed by atoms with Crippen molar-refractivity contribution in [2.45, 2.75) is 39.9 Å². The van der Waals surface area contributed by atoms with Crippen LogP contribution in [0.15, 0.2) is 72.8 Å². The fraction of sp³-hybridized carbons (Fsp3) is 0.241. The molecule has 0 aliphatic rings. The zero-order chi connectivity index (χ0) is 52.3. The first-order valence-corrected chi connectivity index (χ1v) is 24.5. The van der Waals surface area contributed by atoms with Crippen LogP contribution in [0.4, 0.5) is 0 Å². The highest BCUT2D eigenvalue weighted by atomic mass is 35.5. The van der Waals surface area contributed by atoms with E-state index in [9.17, 15) is 10.2 Å². The average molecular weight is 1040 g/mol. The zero-order valence-electron chi connectivity index (χ0n) is 42.7. The lowest BCUT2D eigenvalue weighted by atomic mass is 9.93. The first-order valence-electron chi connectivity index (χ1n) is 23.7. The summed E-state index contributed by atoms with van der Waals surface area (Å²) >= 11 is 13.2. The summed E-state index contributed by atoms with van der Waals surface area (Å²) in [6.45, 7) is 3.58. The molecule has 0 fully saturated rings. The van der Waals surface area contributed by atoms with Crippen LogP contribution in [0.2, 0.25) is 10.0 Å². The van der Waals surface area contributed by atoms with Gasteiger partial charge in [-0.25, -0.2) is 0 Å². The van der Waals surface area contributed by atoms with Gasteiger partial charge in [-0.3, -0.25) is 0 Å². The summed E-state index contributed by atoms with van der Waals surface area (Å²) in [5, 5.41) is 25.7. The fourth-order valence-corrected chi connectivity index (χ4v) is 11.1. The topological polar surface area (TPSA) is 177 Å². The highest BCUT2D eigenvalue weighted by molar-refractivity contribution is 6.31. The molecule has 0 saturated carbocycles. The highest BCUT2D eigenvalue weighted by Gasteiger charge is 2.32. The van der Waals surface area contributed by atoms with Crippen molar-refractivity contribution in [3.05, 3.63) is 128 Å². The third kappa shape index (κ3) is 7.95. The van der Waals surface area contributed by atoms with E-state index in [0.29, 0.717) is 96.8 Å². The fourth-order valence-electron chi connectivity index (χ4n) is 10.9. The van der Waals surface area contributed by atoms with Crippen LogP contribution in [0.1, 0.15) is 44.9 Å². The molecular weight excluding hydrogens is 984 g/mol. The molecule has 0 saturated heterocycles. The monoisotopic (exact) mass is 1040 g/mol. The molecule has 0 aliphatic carbocycles. The number of benzene rings is 6. The van der Waals surface area contributed by atoms with Crippen LogP contribution < -0.4 is 37.9 Å². The summed E-state index contributed by atoms with van der Waals surface area (Å²) in [5.41, 5.74) is 14.4. The number of aromatic nitrogens is 4. The van der Waals surface area contributed by atoms with Crippen molar-refractivity contribution in [3.8, 4) is 79.5 Å². The van der Waals surface area contributed by atoms with Crippen LogP contribution in [-0.2, 0) is 26.1 Å². The molecule has 6 N–H and O–H groups in total. The van der Waals surface area contributed by atoms with E-state index in [-0.39, 0.29) is 13.2 Å². The van der Waals surface area contributed by atoms with Gasteiger partial charge in [-0.05, 0) is 60.4 Å². The van der Waals surface area contributed by atoms with E-state index in [1.807, 2.05) is 80.6 Å². The Balaban J connectivity index is 1.30. The molecule has 6 aromatic carbocycles. The van der Waals surface area contributed by atoms with Gasteiger partial charge < -0.3 is 68.0 Å². The maximum atomic E-state index is 10.7. The van der Waals surface area contributed by atoms with Crippen molar-refractivity contribution >= 4 is 66.8 Å². The third-order valence-electron chi connectivity index (χ3n) is 14.4. The average Bonchev–Trinajstić information content (AvgIpc) is 4.18. The standard InChI is InChI=1S/C58H56Cl2N4O10/c1-27-36(61-55-34(25-65)40(68-4)22-42(70-6)47(27)55)19-33-39(67-3)21-44(72-8)52-50(30-13-17-32(60)18-14-30)57(64-54(33)52)53-46(74-10)24-45(73-9)51-49(29-11-15-31(59)16-12-29)38(63-58(51)53)20-37-28(2)48-43(71-7)23-41(69-5)35(26-66)56(48)62-37/h11-18,21-24,61-66H,19-20,25-26H2,1-10H3. The van der Waals surface area contributed by atoms with Gasteiger partial charge in [-0.1, -0.05) is 47.5 Å². The molecule has 0 amide bonds. The molecule has 0 aliphatic heterocycles. The number of aromatic amines is 4. The smallest absolute Gasteiger partial charge is 0.134 e. The van der Waals surface area contributed by atoms with Crippen LogP contribution in [-0.4, -0.2) is 87.0 Å². The number of hydrogen-bond donors (Lipinski definition) is 6. The van der Waals surface area contributed by atoms with E-state index in [1.165, 1.54) is 0 Å². The third-order valence-corrected chi connectivity index (χ3v) is 14.9. The van der Waals surface area contributed by atoms with Crippen LogP contribution in [0.25, 0.3) is 77.1 Å². The molecule has 74 heavy (non-hydrogen) atoms. The second-order valence-electron chi connectivity index (χ2n) is 17.9. The lowest BCUT2D eigenvalue weighted by Gasteiger charge is -2.15. The number of aliphatic hydroxyl groups excluding tert-OH is 2. The van der Waals surface area contributed by atoms with E-state index in [4.69, 9.17) is 61.1 Å². The SMILES string of the molecule is COc1cc(OC)c2c(C)c(Cc3[nH]c4c(-c5[nH]c6c(Cc7[nH]c8c(CO)c(OC)cc(OC)c8c7C)c(OC)cc(OC)c6c5-c5ccc(Cl)cc5)c(OC)cc(OC)c4c3-c3ccc(Cl)cc3)[nH]c2c1CO. The quantitative estimate of drug-likeness (QED) is 0.0514. The molecule has 0 atom stereocenters. The number of hydrogen-bond acceptors (Lipinski definition) is 10. The van der Waals surface area contributed by atoms with Crippen LogP contribution >= 0.6 is 23.2 Å². The van der Waals surface area contributed by atoms with Crippen molar-refractivity contribution in [1.82, 2.24) is 19.9 Å². The summed E-state index contributed by atoms with van der Waals surface area (Å²) < 4.78 is 48.4. The maximum Gasteiger partial charge on any atom is 0.134 e. The minimum absolute atomic E-state index is 0.249. The van der Waals surface area contributed by atoms with Gasteiger partial charge in [-0.15, -0.1) is 0 Å². The summed E-state index contributed by atoms with van der Waals surface area (Å²) in [4.78, 5) is 15.2. The predicted molar refractivity (Wildman–Crippen MR) is 292 cm³/mol. The molecule has 382 valence electrons. The van der Waals surface area contributed by atoms with E-state index >= 15 is 0 Å². The Bertz CT molecular complexity index is 3790. The van der Waals surface area contributed by atoms with E-state index in [2.05, 4.69) is 19.9 Å². The molecule has 0 unspecified atom stereocenters. The van der Waals surface area contributed by atoms with Gasteiger partial charge in [0.25, 0.3) is 0 Å². The minimum atomic E-state index is -0.252. The molecule has 14 nitrogen and oxygen atoms in total. The Morgan fingerprint density at radius 1 is 0.378 bits per heavy atom. The Kier molecular flexibility index (Phi) is 13.5. The summed E-state index contributed by atoms with van der Waals surface area (Å²) in [5.74, 6) is 4.50. The predicted octanol–water partition coefficient (Wildman–Crippen LogP) is 12.8. The molecule has 10 aromatic rings. The first kappa shape index (κ1) is 49.9. The highest BCUT2D eigenvalue weighted by Crippen LogP contribution is 2.54. The van der Waals surface area contributed by atoms with E-state index < -0.39 is 0 Å². The molecule has 0 radical (unpaired) electrons. The number of H-pyrrole nitrogens is 4. The Hall–Kier alpha value is -7.62. The molecule has 4 heterocycles. The normalized spacial score (nSPS) is 11.6. The number of aliphatic hydroxyl groups is 2. The van der Waals surface area contributed by atoms with Crippen LogP contribution in [0.5, 0.6) is 46.0 Å². The van der Waals surface area contributed by atoms with E-state index in [0.717, 1.165) is 94.1 Å². The lowest BCUT2D eigenvalue weighted by molar-refractivity contribution is 0.274.